The molecule has 74 valence electrons. The lowest BCUT2D eigenvalue weighted by Crippen LogP contribution is -2.33. The van der Waals surface area contributed by atoms with Crippen LogP contribution >= 0.6 is 0 Å². The van der Waals surface area contributed by atoms with Gasteiger partial charge in [-0.25, -0.2) is 4.98 Å². The van der Waals surface area contributed by atoms with Crippen LogP contribution in [0.1, 0.15) is 16.9 Å². The number of hydrogen-bond acceptors (Lipinski definition) is 2. The zero-order chi connectivity index (χ0) is 9.97. The van der Waals surface area contributed by atoms with Crippen molar-refractivity contribution in [1.82, 2.24) is 14.5 Å². The average Bonchev–Trinajstić information content (AvgIpc) is 2.65. The molecule has 2 rings (SSSR count). The number of carbonyl (C=O) groups excluding carboxylic acids is 1. The maximum absolute atomic E-state index is 11.8. The van der Waals surface area contributed by atoms with Gasteiger partial charge in [-0.2, -0.15) is 0 Å². The summed E-state index contributed by atoms with van der Waals surface area (Å²) in [7, 11) is 1.86. The van der Waals surface area contributed by atoms with E-state index >= 15 is 0 Å². The minimum atomic E-state index is 0.0231. The molecule has 0 fully saturated rings. The van der Waals surface area contributed by atoms with E-state index in [4.69, 9.17) is 0 Å². The second-order valence-electron chi connectivity index (χ2n) is 3.44. The van der Waals surface area contributed by atoms with Crippen molar-refractivity contribution in [2.45, 2.75) is 6.42 Å². The van der Waals surface area contributed by atoms with Crippen LogP contribution in [0.25, 0.3) is 0 Å². The predicted octanol–water partition coefficient (Wildman–Crippen LogP) is 0.822. The zero-order valence-electron chi connectivity index (χ0n) is 8.18. The first kappa shape index (κ1) is 8.99. The van der Waals surface area contributed by atoms with Crippen molar-refractivity contribution in [2.75, 3.05) is 13.1 Å². The second-order valence-corrected chi connectivity index (χ2v) is 3.44. The molecule has 4 heteroatoms. The molecule has 1 aromatic rings. The maximum Gasteiger partial charge on any atom is 0.274 e. The van der Waals surface area contributed by atoms with Gasteiger partial charge in [-0.15, -0.1) is 0 Å². The van der Waals surface area contributed by atoms with Crippen molar-refractivity contribution in [2.24, 2.45) is 7.05 Å². The van der Waals surface area contributed by atoms with Crippen LogP contribution in [-0.2, 0) is 7.05 Å². The highest BCUT2D eigenvalue weighted by atomic mass is 16.2. The Hall–Kier alpha value is -1.58. The van der Waals surface area contributed by atoms with Gasteiger partial charge in [-0.3, -0.25) is 4.79 Å². The molecule has 0 aromatic carbocycles. The number of aryl methyl sites for hydroxylation is 1. The van der Waals surface area contributed by atoms with E-state index in [1.54, 1.807) is 17.1 Å². The first-order chi connectivity index (χ1) is 6.77. The van der Waals surface area contributed by atoms with E-state index in [1.165, 1.54) is 0 Å². The van der Waals surface area contributed by atoms with E-state index in [9.17, 15) is 4.79 Å². The van der Waals surface area contributed by atoms with Crippen LogP contribution in [0.3, 0.4) is 0 Å². The van der Waals surface area contributed by atoms with Crippen LogP contribution in [0.2, 0.25) is 0 Å². The number of rotatable bonds is 1. The molecular weight excluding hydrogens is 178 g/mol. The summed E-state index contributed by atoms with van der Waals surface area (Å²) in [6.45, 7) is 1.50. The summed E-state index contributed by atoms with van der Waals surface area (Å²) < 4.78 is 1.78. The van der Waals surface area contributed by atoms with Crippen LogP contribution in [0.5, 0.6) is 0 Å². The normalized spacial score (nSPS) is 15.9. The van der Waals surface area contributed by atoms with Gasteiger partial charge in [0.25, 0.3) is 5.91 Å². The zero-order valence-corrected chi connectivity index (χ0v) is 8.18. The fraction of sp³-hybridized carbons (Fsp3) is 0.400. The van der Waals surface area contributed by atoms with Crippen molar-refractivity contribution < 1.29 is 4.79 Å². The van der Waals surface area contributed by atoms with E-state index < -0.39 is 0 Å². The van der Waals surface area contributed by atoms with Crippen molar-refractivity contribution in [3.8, 4) is 0 Å². The summed E-state index contributed by atoms with van der Waals surface area (Å²) in [6.07, 6.45) is 8.46. The molecule has 4 nitrogen and oxygen atoms in total. The van der Waals surface area contributed by atoms with Gasteiger partial charge < -0.3 is 9.47 Å². The van der Waals surface area contributed by atoms with Crippen molar-refractivity contribution in [3.05, 3.63) is 30.4 Å². The van der Waals surface area contributed by atoms with Gasteiger partial charge in [-0.1, -0.05) is 12.2 Å². The molecule has 1 aliphatic heterocycles. The van der Waals surface area contributed by atoms with Crippen molar-refractivity contribution >= 4 is 5.91 Å². The summed E-state index contributed by atoms with van der Waals surface area (Å²) in [6, 6.07) is 0. The molecule has 1 amide bonds. The van der Waals surface area contributed by atoms with Crippen molar-refractivity contribution in [3.63, 3.8) is 0 Å². The average molecular weight is 191 g/mol. The number of amides is 1. The lowest BCUT2D eigenvalue weighted by Gasteiger charge is -2.22. The highest BCUT2D eigenvalue weighted by molar-refractivity contribution is 5.92. The van der Waals surface area contributed by atoms with Gasteiger partial charge >= 0.3 is 0 Å². The lowest BCUT2D eigenvalue weighted by molar-refractivity contribution is 0.0765. The Bertz CT molecular complexity index is 367. The Balaban J connectivity index is 2.11. The number of aromatic nitrogens is 2. The number of nitrogens with zero attached hydrogens (tertiary/aromatic N) is 3. The Morgan fingerprint density at radius 2 is 2.36 bits per heavy atom. The number of carbonyl (C=O) groups is 1. The van der Waals surface area contributed by atoms with Gasteiger partial charge in [0.2, 0.25) is 0 Å². The summed E-state index contributed by atoms with van der Waals surface area (Å²) in [4.78, 5) is 17.7. The van der Waals surface area contributed by atoms with Gasteiger partial charge in [0, 0.05) is 26.3 Å². The maximum atomic E-state index is 11.8. The molecule has 14 heavy (non-hydrogen) atoms. The first-order valence-corrected chi connectivity index (χ1v) is 4.69. The molecule has 0 saturated carbocycles. The minimum absolute atomic E-state index is 0.0231. The van der Waals surface area contributed by atoms with Gasteiger partial charge in [0.05, 0.1) is 6.33 Å². The molecular formula is C10H13N3O. The quantitative estimate of drug-likeness (QED) is 0.616. The molecule has 1 aromatic heterocycles. The molecule has 0 saturated heterocycles. The predicted molar refractivity (Wildman–Crippen MR) is 52.9 cm³/mol. The van der Waals surface area contributed by atoms with Crippen LogP contribution in [0.15, 0.2) is 24.7 Å². The third-order valence-corrected chi connectivity index (χ3v) is 2.27. The third kappa shape index (κ3) is 1.69. The fourth-order valence-corrected chi connectivity index (χ4v) is 1.51. The minimum Gasteiger partial charge on any atom is -0.340 e. The van der Waals surface area contributed by atoms with Crippen molar-refractivity contribution in [1.29, 1.82) is 0 Å². The Kier molecular flexibility index (Phi) is 2.35. The first-order valence-electron chi connectivity index (χ1n) is 4.69. The number of hydrogen-bond donors (Lipinski definition) is 0. The monoisotopic (exact) mass is 191 g/mol. The van der Waals surface area contributed by atoms with Gasteiger partial charge in [0.1, 0.15) is 5.69 Å². The van der Waals surface area contributed by atoms with Crippen LogP contribution < -0.4 is 0 Å². The molecule has 0 aliphatic carbocycles. The molecule has 2 heterocycles. The SMILES string of the molecule is Cn1cnc(C(=O)N2CC=CCC2)c1. The molecule has 1 aliphatic rings. The van der Waals surface area contributed by atoms with E-state index in [0.29, 0.717) is 12.2 Å². The lowest BCUT2D eigenvalue weighted by atomic mass is 10.2. The Morgan fingerprint density at radius 1 is 1.50 bits per heavy atom. The van der Waals surface area contributed by atoms with Gasteiger partial charge in [-0.05, 0) is 6.42 Å². The highest BCUT2D eigenvalue weighted by Gasteiger charge is 2.17. The molecule has 0 bridgehead atoms. The molecule has 0 radical (unpaired) electrons. The molecule has 0 unspecified atom stereocenters. The fourth-order valence-electron chi connectivity index (χ4n) is 1.51. The summed E-state index contributed by atoms with van der Waals surface area (Å²) in [5.74, 6) is 0.0231. The van der Waals surface area contributed by atoms with Crippen LogP contribution in [0, 0.1) is 0 Å². The molecule has 0 spiro atoms. The third-order valence-electron chi connectivity index (χ3n) is 2.27. The van der Waals surface area contributed by atoms with Crippen LogP contribution in [0.4, 0.5) is 0 Å². The standard InChI is InChI=1S/C10H13N3O/c1-12-7-9(11-8-12)10(14)13-5-3-2-4-6-13/h2-3,7-8H,4-6H2,1H3. The van der Waals surface area contributed by atoms with Crippen LogP contribution in [-0.4, -0.2) is 33.4 Å². The van der Waals surface area contributed by atoms with E-state index in [0.717, 1.165) is 13.0 Å². The van der Waals surface area contributed by atoms with Gasteiger partial charge in [0.15, 0.2) is 0 Å². The second kappa shape index (κ2) is 3.65. The Labute approximate surface area is 82.9 Å². The summed E-state index contributed by atoms with van der Waals surface area (Å²) in [5.41, 5.74) is 0.530. The van der Waals surface area contributed by atoms with E-state index in [2.05, 4.69) is 11.1 Å². The Morgan fingerprint density at radius 3 is 2.93 bits per heavy atom. The number of imidazole rings is 1. The highest BCUT2D eigenvalue weighted by Crippen LogP contribution is 2.06. The smallest absolute Gasteiger partial charge is 0.274 e. The van der Waals surface area contributed by atoms with E-state index in [1.807, 2.05) is 18.0 Å². The molecule has 0 atom stereocenters. The molecule has 0 N–H and O–H groups in total. The summed E-state index contributed by atoms with van der Waals surface area (Å²) >= 11 is 0. The largest absolute Gasteiger partial charge is 0.340 e. The topological polar surface area (TPSA) is 38.1 Å². The van der Waals surface area contributed by atoms with E-state index in [-0.39, 0.29) is 5.91 Å². The summed E-state index contributed by atoms with van der Waals surface area (Å²) in [5, 5.41) is 0.